The summed E-state index contributed by atoms with van der Waals surface area (Å²) >= 11 is 8.00. The Kier molecular flexibility index (Phi) is 5.69. The van der Waals surface area contributed by atoms with Gasteiger partial charge < -0.3 is 11.1 Å². The van der Waals surface area contributed by atoms with Gasteiger partial charge in [-0.1, -0.05) is 25.4 Å². The van der Waals surface area contributed by atoms with Crippen LogP contribution in [0.25, 0.3) is 0 Å². The molecular formula is C12H16ClIN2O. The van der Waals surface area contributed by atoms with Crippen LogP contribution in [0.4, 0.5) is 5.69 Å². The predicted octanol–water partition coefficient (Wildman–Crippen LogP) is 3.11. The van der Waals surface area contributed by atoms with Gasteiger partial charge in [0.05, 0.1) is 11.6 Å². The van der Waals surface area contributed by atoms with Crippen LogP contribution in [0.3, 0.4) is 0 Å². The topological polar surface area (TPSA) is 55.1 Å². The third kappa shape index (κ3) is 4.12. The van der Waals surface area contributed by atoms with Crippen molar-refractivity contribution in [3.05, 3.63) is 26.8 Å². The Hall–Kier alpha value is -0.330. The molecule has 0 aliphatic rings. The summed E-state index contributed by atoms with van der Waals surface area (Å²) in [6.45, 7) is 4.33. The van der Waals surface area contributed by atoms with E-state index in [1.807, 2.05) is 19.9 Å². The van der Waals surface area contributed by atoms with Gasteiger partial charge >= 0.3 is 0 Å². The van der Waals surface area contributed by atoms with Crippen LogP contribution in [0, 0.1) is 15.4 Å². The smallest absolute Gasteiger partial charge is 0.229 e. The Balaban J connectivity index is 2.80. The second-order valence-corrected chi connectivity index (χ2v) is 5.80. The first-order valence-corrected chi connectivity index (χ1v) is 6.87. The minimum absolute atomic E-state index is 0.0391. The summed E-state index contributed by atoms with van der Waals surface area (Å²) in [6, 6.07) is 5.37. The van der Waals surface area contributed by atoms with E-state index >= 15 is 0 Å². The van der Waals surface area contributed by atoms with E-state index in [2.05, 4.69) is 27.9 Å². The van der Waals surface area contributed by atoms with Crippen molar-refractivity contribution >= 4 is 45.8 Å². The summed E-state index contributed by atoms with van der Waals surface area (Å²) in [6.07, 6.45) is 0. The van der Waals surface area contributed by atoms with Crippen LogP contribution < -0.4 is 11.1 Å². The van der Waals surface area contributed by atoms with E-state index in [9.17, 15) is 4.79 Å². The zero-order valence-corrected chi connectivity index (χ0v) is 12.7. The van der Waals surface area contributed by atoms with Crippen molar-refractivity contribution < 1.29 is 4.79 Å². The molecule has 17 heavy (non-hydrogen) atoms. The maximum atomic E-state index is 12.0. The molecule has 0 bridgehead atoms. The van der Waals surface area contributed by atoms with E-state index in [0.717, 1.165) is 9.26 Å². The molecule has 0 radical (unpaired) electrons. The van der Waals surface area contributed by atoms with E-state index in [-0.39, 0.29) is 17.7 Å². The SMILES string of the molecule is CC(C)C(CN)C(=O)Nc1ccc(Cl)cc1I. The summed E-state index contributed by atoms with van der Waals surface area (Å²) < 4.78 is 0.919. The van der Waals surface area contributed by atoms with Crippen molar-refractivity contribution in [3.63, 3.8) is 0 Å². The first-order chi connectivity index (χ1) is 7.95. The number of hydrogen-bond donors (Lipinski definition) is 2. The molecular weight excluding hydrogens is 351 g/mol. The lowest BCUT2D eigenvalue weighted by atomic mass is 9.95. The van der Waals surface area contributed by atoms with Crippen molar-refractivity contribution in [1.82, 2.24) is 0 Å². The molecule has 1 amide bonds. The van der Waals surface area contributed by atoms with Gasteiger partial charge in [0, 0.05) is 15.1 Å². The van der Waals surface area contributed by atoms with Crippen molar-refractivity contribution in [1.29, 1.82) is 0 Å². The van der Waals surface area contributed by atoms with Crippen LogP contribution >= 0.6 is 34.2 Å². The molecule has 0 saturated carbocycles. The highest BCUT2D eigenvalue weighted by molar-refractivity contribution is 14.1. The molecule has 0 aliphatic carbocycles. The summed E-state index contributed by atoms with van der Waals surface area (Å²) in [4.78, 5) is 12.0. The quantitative estimate of drug-likeness (QED) is 0.805. The fourth-order valence-electron chi connectivity index (χ4n) is 1.50. The second-order valence-electron chi connectivity index (χ2n) is 4.20. The molecule has 1 atom stereocenters. The lowest BCUT2D eigenvalue weighted by Crippen LogP contribution is -2.33. The van der Waals surface area contributed by atoms with E-state index in [1.54, 1.807) is 12.1 Å². The van der Waals surface area contributed by atoms with E-state index in [1.165, 1.54) is 0 Å². The molecule has 1 unspecified atom stereocenters. The van der Waals surface area contributed by atoms with Gasteiger partial charge in [0.1, 0.15) is 0 Å². The zero-order valence-electron chi connectivity index (χ0n) is 9.84. The van der Waals surface area contributed by atoms with Crippen molar-refractivity contribution in [2.75, 3.05) is 11.9 Å². The van der Waals surface area contributed by atoms with Crippen molar-refractivity contribution in [2.24, 2.45) is 17.6 Å². The molecule has 0 heterocycles. The number of halogens is 2. The average molecular weight is 367 g/mol. The Labute approximate surface area is 120 Å². The van der Waals surface area contributed by atoms with Gasteiger partial charge in [-0.05, 0) is 46.7 Å². The molecule has 1 aromatic rings. The number of benzene rings is 1. The normalized spacial score (nSPS) is 12.6. The Bertz CT molecular complexity index is 409. The summed E-state index contributed by atoms with van der Waals surface area (Å²) in [5, 5.41) is 3.54. The van der Waals surface area contributed by atoms with Gasteiger partial charge in [0.25, 0.3) is 0 Å². The number of rotatable bonds is 4. The average Bonchev–Trinajstić information content (AvgIpc) is 2.22. The Morgan fingerprint density at radius 1 is 1.53 bits per heavy atom. The molecule has 0 spiro atoms. The maximum Gasteiger partial charge on any atom is 0.229 e. The minimum atomic E-state index is -0.165. The van der Waals surface area contributed by atoms with Crippen LogP contribution in [0.1, 0.15) is 13.8 Å². The highest BCUT2D eigenvalue weighted by Gasteiger charge is 2.20. The number of nitrogens with one attached hydrogen (secondary N) is 1. The molecule has 3 N–H and O–H groups in total. The van der Waals surface area contributed by atoms with E-state index in [4.69, 9.17) is 17.3 Å². The highest BCUT2D eigenvalue weighted by atomic mass is 127. The van der Waals surface area contributed by atoms with Gasteiger partial charge in [0.2, 0.25) is 5.91 Å². The molecule has 0 saturated heterocycles. The summed E-state index contributed by atoms with van der Waals surface area (Å²) in [5.74, 6) is 0.0224. The number of hydrogen-bond acceptors (Lipinski definition) is 2. The number of anilines is 1. The summed E-state index contributed by atoms with van der Waals surface area (Å²) in [5.41, 5.74) is 6.38. The van der Waals surface area contributed by atoms with E-state index < -0.39 is 0 Å². The van der Waals surface area contributed by atoms with Gasteiger partial charge in [-0.2, -0.15) is 0 Å². The third-order valence-corrected chi connectivity index (χ3v) is 3.71. The zero-order chi connectivity index (χ0) is 13.0. The lowest BCUT2D eigenvalue weighted by molar-refractivity contribution is -0.120. The number of nitrogens with two attached hydrogens (primary N) is 1. The Morgan fingerprint density at radius 3 is 2.65 bits per heavy atom. The first kappa shape index (κ1) is 14.7. The van der Waals surface area contributed by atoms with Crippen molar-refractivity contribution in [3.8, 4) is 0 Å². The van der Waals surface area contributed by atoms with E-state index in [0.29, 0.717) is 11.6 Å². The molecule has 5 heteroatoms. The predicted molar refractivity (Wildman–Crippen MR) is 80.2 cm³/mol. The standard InChI is InChI=1S/C12H16ClIN2O/c1-7(2)9(6-15)12(17)16-11-4-3-8(13)5-10(11)14/h3-5,7,9H,6,15H2,1-2H3,(H,16,17). The molecule has 0 aliphatic heterocycles. The number of carbonyl (C=O) groups excluding carboxylic acids is 1. The van der Waals surface area contributed by atoms with Gasteiger partial charge in [0.15, 0.2) is 0 Å². The van der Waals surface area contributed by atoms with Crippen LogP contribution in [0.5, 0.6) is 0 Å². The highest BCUT2D eigenvalue weighted by Crippen LogP contribution is 2.23. The molecule has 0 fully saturated rings. The molecule has 1 aromatic carbocycles. The minimum Gasteiger partial charge on any atom is -0.330 e. The van der Waals surface area contributed by atoms with Crippen molar-refractivity contribution in [2.45, 2.75) is 13.8 Å². The Morgan fingerprint density at radius 2 is 2.18 bits per heavy atom. The van der Waals surface area contributed by atoms with Crippen LogP contribution in [0.2, 0.25) is 5.02 Å². The van der Waals surface area contributed by atoms with Gasteiger partial charge in [-0.25, -0.2) is 0 Å². The van der Waals surface area contributed by atoms with Crippen LogP contribution in [0.15, 0.2) is 18.2 Å². The molecule has 94 valence electrons. The van der Waals surface area contributed by atoms with Gasteiger partial charge in [-0.3, -0.25) is 4.79 Å². The molecule has 0 aromatic heterocycles. The number of carbonyl (C=O) groups is 1. The lowest BCUT2D eigenvalue weighted by Gasteiger charge is -2.18. The first-order valence-electron chi connectivity index (χ1n) is 5.41. The second kappa shape index (κ2) is 6.56. The van der Waals surface area contributed by atoms with Crippen LogP contribution in [-0.4, -0.2) is 12.5 Å². The fraction of sp³-hybridized carbons (Fsp3) is 0.417. The fourth-order valence-corrected chi connectivity index (χ4v) is 2.50. The number of amides is 1. The summed E-state index contributed by atoms with van der Waals surface area (Å²) in [7, 11) is 0. The molecule has 1 rings (SSSR count). The third-order valence-electron chi connectivity index (χ3n) is 2.58. The largest absolute Gasteiger partial charge is 0.330 e. The van der Waals surface area contributed by atoms with Crippen LogP contribution in [-0.2, 0) is 4.79 Å². The van der Waals surface area contributed by atoms with Gasteiger partial charge in [-0.15, -0.1) is 0 Å². The monoisotopic (exact) mass is 366 g/mol. The molecule has 3 nitrogen and oxygen atoms in total. The maximum absolute atomic E-state index is 12.0.